The molecule has 0 spiro atoms. The predicted octanol–water partition coefficient (Wildman–Crippen LogP) is 4.38. The monoisotopic (exact) mass is 377 g/mol. The van der Waals surface area contributed by atoms with Gasteiger partial charge in [0.15, 0.2) is 0 Å². The van der Waals surface area contributed by atoms with E-state index in [1.165, 1.54) is 5.56 Å². The number of thioether (sulfide) groups is 1. The van der Waals surface area contributed by atoms with E-state index in [0.29, 0.717) is 17.9 Å². The molecule has 0 saturated carbocycles. The Kier molecular flexibility index (Phi) is 4.45. The van der Waals surface area contributed by atoms with Gasteiger partial charge >= 0.3 is 0 Å². The van der Waals surface area contributed by atoms with Gasteiger partial charge in [0.05, 0.1) is 12.7 Å². The molecule has 1 amide bonds. The minimum atomic E-state index is -0.00873. The number of carbonyl (C=O) groups is 1. The largest absolute Gasteiger partial charge is 0.496 e. The van der Waals surface area contributed by atoms with Crippen LogP contribution in [0.1, 0.15) is 15.9 Å². The van der Waals surface area contributed by atoms with E-state index in [0.717, 1.165) is 21.5 Å². The summed E-state index contributed by atoms with van der Waals surface area (Å²) in [6.45, 7) is 0.706. The van der Waals surface area contributed by atoms with E-state index in [1.54, 1.807) is 18.9 Å². The maximum absolute atomic E-state index is 12.9. The molecule has 1 aliphatic heterocycles. The molecule has 0 saturated heterocycles. The summed E-state index contributed by atoms with van der Waals surface area (Å²) in [5.41, 5.74) is 2.79. The molecule has 3 nitrogen and oxygen atoms in total. The number of nitrogens with zero attached hydrogens (tertiary/aromatic N) is 1. The van der Waals surface area contributed by atoms with Gasteiger partial charge in [-0.2, -0.15) is 0 Å². The van der Waals surface area contributed by atoms with Crippen LogP contribution in [-0.4, -0.2) is 25.8 Å². The fourth-order valence-corrected chi connectivity index (χ4v) is 3.54. The maximum atomic E-state index is 12.9. The lowest BCUT2D eigenvalue weighted by Crippen LogP contribution is -2.29. The molecule has 0 N–H and O–H groups in total. The second kappa shape index (κ2) is 6.34. The number of amides is 1. The lowest BCUT2D eigenvalue weighted by Gasteiger charge is -2.19. The van der Waals surface area contributed by atoms with Gasteiger partial charge in [0.25, 0.3) is 5.91 Å². The lowest BCUT2D eigenvalue weighted by molar-refractivity contribution is 0.0986. The van der Waals surface area contributed by atoms with Gasteiger partial charge in [0.1, 0.15) is 5.75 Å². The number of methoxy groups -OCH3 is 1. The summed E-state index contributed by atoms with van der Waals surface area (Å²) in [5.74, 6) is 0.619. The van der Waals surface area contributed by atoms with Gasteiger partial charge in [0.2, 0.25) is 0 Å². The molecule has 1 aliphatic rings. The van der Waals surface area contributed by atoms with E-state index in [9.17, 15) is 4.79 Å². The van der Waals surface area contributed by atoms with Crippen LogP contribution in [0.2, 0.25) is 0 Å². The zero-order valence-corrected chi connectivity index (χ0v) is 14.8. The Labute approximate surface area is 142 Å². The van der Waals surface area contributed by atoms with Gasteiger partial charge in [-0.1, -0.05) is 15.9 Å². The summed E-state index contributed by atoms with van der Waals surface area (Å²) in [7, 11) is 1.60. The van der Waals surface area contributed by atoms with Crippen LogP contribution in [0.3, 0.4) is 0 Å². The van der Waals surface area contributed by atoms with Gasteiger partial charge in [-0.3, -0.25) is 4.79 Å². The minimum Gasteiger partial charge on any atom is -0.496 e. The minimum absolute atomic E-state index is 0.00873. The first-order valence-corrected chi connectivity index (χ1v) is 8.98. The zero-order valence-electron chi connectivity index (χ0n) is 12.4. The molecule has 0 unspecified atom stereocenters. The summed E-state index contributed by atoms with van der Waals surface area (Å²) >= 11 is 5.11. The number of rotatable bonds is 3. The smallest absolute Gasteiger partial charge is 0.262 e. The van der Waals surface area contributed by atoms with Gasteiger partial charge < -0.3 is 9.64 Å². The molecule has 114 valence electrons. The summed E-state index contributed by atoms with van der Waals surface area (Å²) in [6.07, 6.45) is 2.89. The number of anilines is 1. The van der Waals surface area contributed by atoms with E-state index < -0.39 is 0 Å². The van der Waals surface area contributed by atoms with Crippen LogP contribution in [0.5, 0.6) is 5.75 Å². The highest BCUT2D eigenvalue weighted by molar-refractivity contribution is 9.10. The Morgan fingerprint density at radius 3 is 2.82 bits per heavy atom. The van der Waals surface area contributed by atoms with Gasteiger partial charge in [0, 0.05) is 21.6 Å². The third-order valence-corrected chi connectivity index (χ3v) is 5.04. The normalized spacial score (nSPS) is 13.1. The first kappa shape index (κ1) is 15.4. The average Bonchev–Trinajstić information content (AvgIpc) is 2.96. The standard InChI is InChI=1S/C17H16BrNO2S/c1-21-16-10-13(22-2)4-5-14(16)17(20)19-8-7-11-9-12(18)3-6-15(11)19/h3-6,9-10H,7-8H2,1-2H3. The zero-order chi connectivity index (χ0) is 15.7. The second-order valence-corrected chi connectivity index (χ2v) is 6.84. The number of hydrogen-bond donors (Lipinski definition) is 0. The number of benzene rings is 2. The molecule has 22 heavy (non-hydrogen) atoms. The maximum Gasteiger partial charge on any atom is 0.262 e. The van der Waals surface area contributed by atoms with E-state index in [4.69, 9.17) is 4.74 Å². The number of fused-ring (bicyclic) bond motifs is 1. The molecule has 0 fully saturated rings. The quantitative estimate of drug-likeness (QED) is 0.743. The van der Waals surface area contributed by atoms with Crippen molar-refractivity contribution >= 4 is 39.3 Å². The fraction of sp³-hybridized carbons (Fsp3) is 0.235. The number of ether oxygens (including phenoxy) is 1. The van der Waals surface area contributed by atoms with Crippen LogP contribution in [0.4, 0.5) is 5.69 Å². The number of hydrogen-bond acceptors (Lipinski definition) is 3. The molecular formula is C17H16BrNO2S. The third kappa shape index (κ3) is 2.75. The number of halogens is 1. The van der Waals surface area contributed by atoms with Gasteiger partial charge in [-0.25, -0.2) is 0 Å². The van der Waals surface area contributed by atoms with Crippen LogP contribution < -0.4 is 9.64 Å². The first-order chi connectivity index (χ1) is 10.6. The Morgan fingerprint density at radius 1 is 1.27 bits per heavy atom. The molecule has 0 aromatic heterocycles. The van der Waals surface area contributed by atoms with E-state index in [2.05, 4.69) is 22.0 Å². The van der Waals surface area contributed by atoms with Crippen molar-refractivity contribution in [2.75, 3.05) is 24.8 Å². The van der Waals surface area contributed by atoms with E-state index in [-0.39, 0.29) is 5.91 Å². The Morgan fingerprint density at radius 2 is 2.09 bits per heavy atom. The highest BCUT2D eigenvalue weighted by Crippen LogP contribution is 2.34. The highest BCUT2D eigenvalue weighted by Gasteiger charge is 2.27. The summed E-state index contributed by atoms with van der Waals surface area (Å²) in [5, 5.41) is 0. The SMILES string of the molecule is COc1cc(SC)ccc1C(=O)N1CCc2cc(Br)ccc21. The van der Waals surface area contributed by atoms with E-state index >= 15 is 0 Å². The molecule has 0 bridgehead atoms. The average molecular weight is 378 g/mol. The van der Waals surface area contributed by atoms with Crippen molar-refractivity contribution in [2.24, 2.45) is 0 Å². The molecule has 2 aromatic rings. The van der Waals surface area contributed by atoms with Crippen molar-refractivity contribution in [3.05, 3.63) is 52.0 Å². The van der Waals surface area contributed by atoms with Gasteiger partial charge in [-0.15, -0.1) is 11.8 Å². The first-order valence-electron chi connectivity index (χ1n) is 6.96. The fourth-order valence-electron chi connectivity index (χ4n) is 2.70. The second-order valence-electron chi connectivity index (χ2n) is 5.05. The van der Waals surface area contributed by atoms with Gasteiger partial charge in [-0.05, 0) is 54.6 Å². The van der Waals surface area contributed by atoms with Crippen molar-refractivity contribution < 1.29 is 9.53 Å². The molecule has 0 radical (unpaired) electrons. The highest BCUT2D eigenvalue weighted by atomic mass is 79.9. The van der Waals surface area contributed by atoms with Crippen molar-refractivity contribution in [3.63, 3.8) is 0 Å². The molecule has 2 aromatic carbocycles. The Balaban J connectivity index is 1.96. The molecular weight excluding hydrogens is 362 g/mol. The molecule has 3 rings (SSSR count). The van der Waals surface area contributed by atoms with Crippen molar-refractivity contribution in [2.45, 2.75) is 11.3 Å². The van der Waals surface area contributed by atoms with E-state index in [1.807, 2.05) is 41.5 Å². The van der Waals surface area contributed by atoms with Crippen molar-refractivity contribution in [3.8, 4) is 5.75 Å². The predicted molar refractivity (Wildman–Crippen MR) is 94.3 cm³/mol. The van der Waals surface area contributed by atoms with Crippen LogP contribution in [0.15, 0.2) is 45.8 Å². The molecule has 5 heteroatoms. The summed E-state index contributed by atoms with van der Waals surface area (Å²) in [6, 6.07) is 11.8. The molecule has 1 heterocycles. The topological polar surface area (TPSA) is 29.5 Å². The molecule has 0 atom stereocenters. The summed E-state index contributed by atoms with van der Waals surface area (Å²) in [4.78, 5) is 15.8. The summed E-state index contributed by atoms with van der Waals surface area (Å²) < 4.78 is 6.45. The Bertz CT molecular complexity index is 733. The van der Waals surface area contributed by atoms with Crippen LogP contribution >= 0.6 is 27.7 Å². The Hall–Kier alpha value is -1.46. The van der Waals surface area contributed by atoms with Crippen molar-refractivity contribution in [1.29, 1.82) is 0 Å². The van der Waals surface area contributed by atoms with Crippen LogP contribution in [0.25, 0.3) is 0 Å². The third-order valence-electron chi connectivity index (χ3n) is 3.82. The number of carbonyl (C=O) groups excluding carboxylic acids is 1. The molecule has 0 aliphatic carbocycles. The lowest BCUT2D eigenvalue weighted by atomic mass is 10.1. The van der Waals surface area contributed by atoms with Crippen LogP contribution in [0, 0.1) is 0 Å². The van der Waals surface area contributed by atoms with Crippen LogP contribution in [-0.2, 0) is 6.42 Å². The van der Waals surface area contributed by atoms with Crippen molar-refractivity contribution in [1.82, 2.24) is 0 Å².